The summed E-state index contributed by atoms with van der Waals surface area (Å²) in [5, 5.41) is 0. The van der Waals surface area contributed by atoms with E-state index in [0.717, 1.165) is 35.6 Å². The Balaban J connectivity index is 2.06. The first-order chi connectivity index (χ1) is 9.56. The predicted octanol–water partition coefficient (Wildman–Crippen LogP) is 2.69. The van der Waals surface area contributed by atoms with Crippen molar-refractivity contribution in [1.29, 1.82) is 0 Å². The van der Waals surface area contributed by atoms with Gasteiger partial charge in [0.15, 0.2) is 0 Å². The number of benzene rings is 1. The molecule has 2 aromatic rings. The van der Waals surface area contributed by atoms with Crippen LogP contribution in [0.3, 0.4) is 0 Å². The Bertz CT molecular complexity index is 682. The summed E-state index contributed by atoms with van der Waals surface area (Å²) in [5.74, 6) is 1.29. The number of anilines is 1. The van der Waals surface area contributed by atoms with Crippen LogP contribution in [-0.4, -0.2) is 24.1 Å². The maximum Gasteiger partial charge on any atom is 0.254 e. The molecular weight excluding hydrogens is 250 g/mol. The number of nitrogens with one attached hydrogen (secondary N) is 1. The SMILES string of the molecule is Cc1c(-c2ccc(N(C)C)cc2)nc(C2CC2)[nH]c1=O. The maximum atomic E-state index is 12.0. The fourth-order valence-electron chi connectivity index (χ4n) is 2.30. The third-order valence-corrected chi connectivity index (χ3v) is 3.79. The minimum atomic E-state index is -0.0198. The number of rotatable bonds is 3. The highest BCUT2D eigenvalue weighted by Crippen LogP contribution is 2.38. The summed E-state index contributed by atoms with van der Waals surface area (Å²) in [4.78, 5) is 21.7. The minimum absolute atomic E-state index is 0.0198. The molecule has 3 rings (SSSR count). The van der Waals surface area contributed by atoms with E-state index in [1.54, 1.807) is 0 Å². The number of aromatic amines is 1. The van der Waals surface area contributed by atoms with Crippen LogP contribution in [0.1, 0.15) is 30.1 Å². The topological polar surface area (TPSA) is 49.0 Å². The molecular formula is C16H19N3O. The van der Waals surface area contributed by atoms with Gasteiger partial charge in [-0.1, -0.05) is 12.1 Å². The van der Waals surface area contributed by atoms with Crippen molar-refractivity contribution >= 4 is 5.69 Å². The molecule has 1 aliphatic rings. The lowest BCUT2D eigenvalue weighted by atomic mass is 10.1. The summed E-state index contributed by atoms with van der Waals surface area (Å²) < 4.78 is 0. The van der Waals surface area contributed by atoms with E-state index in [1.165, 1.54) is 0 Å². The Morgan fingerprint density at radius 3 is 2.40 bits per heavy atom. The molecule has 0 unspecified atom stereocenters. The lowest BCUT2D eigenvalue weighted by Crippen LogP contribution is -2.15. The van der Waals surface area contributed by atoms with E-state index in [9.17, 15) is 4.79 Å². The van der Waals surface area contributed by atoms with Crippen LogP contribution >= 0.6 is 0 Å². The van der Waals surface area contributed by atoms with Gasteiger partial charge in [-0.15, -0.1) is 0 Å². The fraction of sp³-hybridized carbons (Fsp3) is 0.375. The van der Waals surface area contributed by atoms with Gasteiger partial charge in [0.05, 0.1) is 5.69 Å². The van der Waals surface area contributed by atoms with Crippen LogP contribution in [-0.2, 0) is 0 Å². The highest BCUT2D eigenvalue weighted by Gasteiger charge is 2.27. The summed E-state index contributed by atoms with van der Waals surface area (Å²) in [6.07, 6.45) is 2.26. The first-order valence-corrected chi connectivity index (χ1v) is 6.95. The lowest BCUT2D eigenvalue weighted by Gasteiger charge is -2.13. The molecule has 0 bridgehead atoms. The van der Waals surface area contributed by atoms with E-state index in [0.29, 0.717) is 11.5 Å². The number of hydrogen-bond donors (Lipinski definition) is 1. The van der Waals surface area contributed by atoms with Crippen molar-refractivity contribution in [3.63, 3.8) is 0 Å². The number of hydrogen-bond acceptors (Lipinski definition) is 3. The number of aromatic nitrogens is 2. The zero-order chi connectivity index (χ0) is 14.3. The van der Waals surface area contributed by atoms with Gasteiger partial charge in [-0.2, -0.15) is 0 Å². The molecule has 4 heteroatoms. The molecule has 0 radical (unpaired) electrons. The Morgan fingerprint density at radius 2 is 1.85 bits per heavy atom. The van der Waals surface area contributed by atoms with Gasteiger partial charge >= 0.3 is 0 Å². The third-order valence-electron chi connectivity index (χ3n) is 3.79. The van der Waals surface area contributed by atoms with Gasteiger partial charge in [-0.05, 0) is 31.9 Å². The molecule has 1 aromatic carbocycles. The van der Waals surface area contributed by atoms with Crippen molar-refractivity contribution < 1.29 is 0 Å². The molecule has 1 aromatic heterocycles. The monoisotopic (exact) mass is 269 g/mol. The van der Waals surface area contributed by atoms with Gasteiger partial charge in [-0.3, -0.25) is 4.79 Å². The molecule has 4 nitrogen and oxygen atoms in total. The molecule has 0 spiro atoms. The summed E-state index contributed by atoms with van der Waals surface area (Å²) >= 11 is 0. The van der Waals surface area contributed by atoms with Crippen LogP contribution in [0.15, 0.2) is 29.1 Å². The summed E-state index contributed by atoms with van der Waals surface area (Å²) in [7, 11) is 4.02. The quantitative estimate of drug-likeness (QED) is 0.932. The molecule has 1 saturated carbocycles. The van der Waals surface area contributed by atoms with E-state index < -0.39 is 0 Å². The average Bonchev–Trinajstić information content (AvgIpc) is 3.26. The van der Waals surface area contributed by atoms with Gasteiger partial charge in [0, 0.05) is 36.8 Å². The van der Waals surface area contributed by atoms with Crippen LogP contribution in [0.5, 0.6) is 0 Å². The second-order valence-corrected chi connectivity index (χ2v) is 5.64. The summed E-state index contributed by atoms with van der Waals surface area (Å²) in [6, 6.07) is 8.16. The number of H-pyrrole nitrogens is 1. The van der Waals surface area contributed by atoms with E-state index in [-0.39, 0.29) is 5.56 Å². The Kier molecular flexibility index (Phi) is 3.08. The van der Waals surface area contributed by atoms with Gasteiger partial charge in [0.1, 0.15) is 5.82 Å². The molecule has 0 amide bonds. The highest BCUT2D eigenvalue weighted by atomic mass is 16.1. The highest BCUT2D eigenvalue weighted by molar-refractivity contribution is 5.65. The molecule has 1 aliphatic carbocycles. The Hall–Kier alpha value is -2.10. The summed E-state index contributed by atoms with van der Waals surface area (Å²) in [6.45, 7) is 1.83. The normalized spacial score (nSPS) is 14.3. The fourth-order valence-corrected chi connectivity index (χ4v) is 2.30. The standard InChI is InChI=1S/C16H19N3O/c1-10-14(11-6-8-13(9-7-11)19(2)3)17-15(12-4-5-12)18-16(10)20/h6-9,12H,4-5H2,1-3H3,(H,17,18,20). The molecule has 1 heterocycles. The van der Waals surface area contributed by atoms with Crippen molar-refractivity contribution in [3.8, 4) is 11.3 Å². The molecule has 0 aliphatic heterocycles. The largest absolute Gasteiger partial charge is 0.378 e. The second kappa shape index (κ2) is 4.78. The van der Waals surface area contributed by atoms with Crippen LogP contribution in [0.25, 0.3) is 11.3 Å². The van der Waals surface area contributed by atoms with E-state index in [2.05, 4.69) is 27.0 Å². The second-order valence-electron chi connectivity index (χ2n) is 5.64. The molecule has 1 N–H and O–H groups in total. The lowest BCUT2D eigenvalue weighted by molar-refractivity contribution is 0.900. The molecule has 0 saturated heterocycles. The third kappa shape index (κ3) is 2.33. The predicted molar refractivity (Wildman–Crippen MR) is 81.3 cm³/mol. The van der Waals surface area contributed by atoms with Gasteiger partial charge in [0.25, 0.3) is 5.56 Å². The van der Waals surface area contributed by atoms with Crippen LogP contribution in [0.2, 0.25) is 0 Å². The van der Waals surface area contributed by atoms with Crippen LogP contribution in [0, 0.1) is 6.92 Å². The zero-order valence-electron chi connectivity index (χ0n) is 12.1. The molecule has 1 fully saturated rings. The van der Waals surface area contributed by atoms with Crippen molar-refractivity contribution in [2.45, 2.75) is 25.7 Å². The van der Waals surface area contributed by atoms with Crippen molar-refractivity contribution in [3.05, 3.63) is 46.0 Å². The Morgan fingerprint density at radius 1 is 1.20 bits per heavy atom. The van der Waals surface area contributed by atoms with Crippen molar-refractivity contribution in [2.24, 2.45) is 0 Å². The smallest absolute Gasteiger partial charge is 0.254 e. The average molecular weight is 269 g/mol. The van der Waals surface area contributed by atoms with E-state index in [4.69, 9.17) is 0 Å². The van der Waals surface area contributed by atoms with Gasteiger partial charge in [-0.25, -0.2) is 4.98 Å². The Labute approximate surface area is 118 Å². The summed E-state index contributed by atoms with van der Waals surface area (Å²) in [5.41, 5.74) is 3.61. The van der Waals surface area contributed by atoms with Gasteiger partial charge in [0.2, 0.25) is 0 Å². The first kappa shape index (κ1) is 12.9. The molecule has 20 heavy (non-hydrogen) atoms. The minimum Gasteiger partial charge on any atom is -0.378 e. The van der Waals surface area contributed by atoms with Crippen LogP contribution < -0.4 is 10.5 Å². The van der Waals surface area contributed by atoms with Gasteiger partial charge < -0.3 is 9.88 Å². The van der Waals surface area contributed by atoms with Crippen LogP contribution in [0.4, 0.5) is 5.69 Å². The first-order valence-electron chi connectivity index (χ1n) is 6.95. The van der Waals surface area contributed by atoms with E-state index >= 15 is 0 Å². The molecule has 104 valence electrons. The van der Waals surface area contributed by atoms with Crippen molar-refractivity contribution in [2.75, 3.05) is 19.0 Å². The zero-order valence-corrected chi connectivity index (χ0v) is 12.1. The maximum absolute atomic E-state index is 12.0. The molecule has 0 atom stereocenters. The number of nitrogens with zero attached hydrogens (tertiary/aromatic N) is 2. The van der Waals surface area contributed by atoms with Crippen molar-refractivity contribution in [1.82, 2.24) is 9.97 Å². The van der Waals surface area contributed by atoms with E-state index in [1.807, 2.05) is 33.2 Å².